The summed E-state index contributed by atoms with van der Waals surface area (Å²) in [6.45, 7) is -0.189. The monoisotopic (exact) mass is 470 g/mol. The molecule has 0 aromatic heterocycles. The molecular weight excluding hydrogens is 447 g/mol. The van der Waals surface area contributed by atoms with Gasteiger partial charge in [0.05, 0.1) is 32.1 Å². The quantitative estimate of drug-likeness (QED) is 0.326. The van der Waals surface area contributed by atoms with E-state index in [0.29, 0.717) is 28.7 Å². The van der Waals surface area contributed by atoms with Crippen LogP contribution in [0.5, 0.6) is 11.5 Å². The third-order valence-corrected chi connectivity index (χ3v) is 5.82. The zero-order valence-corrected chi connectivity index (χ0v) is 19.1. The number of halogens is 1. The summed E-state index contributed by atoms with van der Waals surface area (Å²) in [6.07, 6.45) is 0. The largest absolute Gasteiger partial charge is 0.497 e. The van der Waals surface area contributed by atoms with Gasteiger partial charge in [-0.1, -0.05) is 12.1 Å². The zero-order valence-electron chi connectivity index (χ0n) is 18.3. The van der Waals surface area contributed by atoms with E-state index < -0.39 is 15.8 Å². The smallest absolute Gasteiger partial charge is 0.249 e. The molecule has 172 valence electrons. The lowest BCUT2D eigenvalue weighted by Gasteiger charge is -2.14. The molecular formula is C23H23FN4O4S. The summed E-state index contributed by atoms with van der Waals surface area (Å²) in [7, 11) is 0.832. The van der Waals surface area contributed by atoms with Crippen molar-refractivity contribution in [2.24, 2.45) is 4.99 Å². The molecule has 3 N–H and O–H groups in total. The SMILES string of the molecule is CNc1ccccc1N=C(CNS(=O)(=O)c1c#cc(F)cc1)Nc1cc(OC)cc(OC)c1. The van der Waals surface area contributed by atoms with E-state index >= 15 is 0 Å². The Morgan fingerprint density at radius 2 is 1.73 bits per heavy atom. The summed E-state index contributed by atoms with van der Waals surface area (Å²) in [4.78, 5) is 4.37. The van der Waals surface area contributed by atoms with Crippen molar-refractivity contribution in [3.8, 4) is 11.5 Å². The molecule has 0 amide bonds. The van der Waals surface area contributed by atoms with E-state index in [1.165, 1.54) is 14.2 Å². The summed E-state index contributed by atoms with van der Waals surface area (Å²) >= 11 is 0. The van der Waals surface area contributed by atoms with Crippen molar-refractivity contribution in [1.29, 1.82) is 0 Å². The molecule has 3 rings (SSSR count). The number of rotatable bonds is 9. The van der Waals surface area contributed by atoms with E-state index in [-0.39, 0.29) is 11.4 Å². The van der Waals surface area contributed by atoms with E-state index in [4.69, 9.17) is 9.47 Å². The number of anilines is 2. The fraction of sp³-hybridized carbons (Fsp3) is 0.174. The van der Waals surface area contributed by atoms with Gasteiger partial charge in [-0.2, -0.15) is 4.39 Å². The maximum Gasteiger partial charge on any atom is 0.249 e. The maximum atomic E-state index is 13.1. The fourth-order valence-corrected chi connectivity index (χ4v) is 3.75. The van der Waals surface area contributed by atoms with Gasteiger partial charge < -0.3 is 20.1 Å². The van der Waals surface area contributed by atoms with Crippen LogP contribution in [0.15, 0.2) is 64.5 Å². The van der Waals surface area contributed by atoms with Gasteiger partial charge >= 0.3 is 0 Å². The first kappa shape index (κ1) is 23.8. The van der Waals surface area contributed by atoms with Crippen molar-refractivity contribution in [2.45, 2.75) is 4.90 Å². The molecule has 0 bridgehead atoms. The summed E-state index contributed by atoms with van der Waals surface area (Å²) in [5.74, 6) is 0.684. The lowest BCUT2D eigenvalue weighted by Crippen LogP contribution is -2.33. The standard InChI is InChI=1S/C23H23FN4O4S/c1-25-21-6-4-5-7-22(21)28-23(27-17-12-18(31-2)14-19(13-17)32-3)15-26-33(29,30)20-10-8-16(24)9-11-20/h4-8,10,12-14,25-26H,15H2,1-3H3,(H,27,28). The minimum atomic E-state index is -3.99. The summed E-state index contributed by atoms with van der Waals surface area (Å²) < 4.78 is 51.5. The van der Waals surface area contributed by atoms with Gasteiger partial charge in [0.25, 0.3) is 0 Å². The Morgan fingerprint density at radius 1 is 1.03 bits per heavy atom. The molecule has 0 radical (unpaired) electrons. The van der Waals surface area contributed by atoms with Gasteiger partial charge in [0, 0.05) is 30.9 Å². The second kappa shape index (κ2) is 10.7. The second-order valence-corrected chi connectivity index (χ2v) is 8.41. The number of sulfonamides is 1. The molecule has 0 aliphatic heterocycles. The lowest BCUT2D eigenvalue weighted by molar-refractivity contribution is 0.395. The Bertz CT molecular complexity index is 1210. The third-order valence-electron chi connectivity index (χ3n) is 4.47. The molecule has 8 nitrogen and oxygen atoms in total. The van der Waals surface area contributed by atoms with Crippen LogP contribution in [0.2, 0.25) is 0 Å². The Morgan fingerprint density at radius 3 is 2.33 bits per heavy atom. The van der Waals surface area contributed by atoms with Gasteiger partial charge in [-0.05, 0) is 36.4 Å². The number of amidine groups is 1. The van der Waals surface area contributed by atoms with Crippen LogP contribution in [0.3, 0.4) is 0 Å². The minimum absolute atomic E-state index is 0.189. The van der Waals surface area contributed by atoms with Crippen LogP contribution in [-0.4, -0.2) is 42.1 Å². The van der Waals surface area contributed by atoms with Crippen molar-refractivity contribution in [1.82, 2.24) is 4.72 Å². The average molecular weight is 471 g/mol. The second-order valence-electron chi connectivity index (χ2n) is 6.67. The number of hydrogen-bond acceptors (Lipinski definition) is 6. The third kappa shape index (κ3) is 6.35. The molecule has 0 unspecified atom stereocenters. The van der Waals surface area contributed by atoms with Gasteiger partial charge in [0.1, 0.15) is 22.2 Å². The molecule has 0 saturated heterocycles. The Balaban J connectivity index is 1.94. The molecule has 3 aromatic rings. The van der Waals surface area contributed by atoms with Crippen LogP contribution in [0.25, 0.3) is 0 Å². The number of para-hydroxylation sites is 2. The van der Waals surface area contributed by atoms with E-state index in [2.05, 4.69) is 32.5 Å². The predicted molar refractivity (Wildman–Crippen MR) is 126 cm³/mol. The van der Waals surface area contributed by atoms with Crippen LogP contribution in [0.4, 0.5) is 21.5 Å². The van der Waals surface area contributed by atoms with E-state index in [1.54, 1.807) is 31.3 Å². The molecule has 0 aliphatic rings. The summed E-state index contributed by atoms with van der Waals surface area (Å²) in [6, 6.07) is 19.0. The van der Waals surface area contributed by atoms with Crippen LogP contribution >= 0.6 is 0 Å². The molecule has 0 saturated carbocycles. The van der Waals surface area contributed by atoms with Crippen LogP contribution in [0.1, 0.15) is 0 Å². The van der Waals surface area contributed by atoms with Gasteiger partial charge in [0.2, 0.25) is 10.0 Å². The first-order valence-corrected chi connectivity index (χ1v) is 11.3. The van der Waals surface area contributed by atoms with Crippen molar-refractivity contribution in [3.63, 3.8) is 0 Å². The topological polar surface area (TPSA) is 101 Å². The Hall–Kier alpha value is -3.81. The van der Waals surface area contributed by atoms with Crippen molar-refractivity contribution in [3.05, 3.63) is 72.5 Å². The molecule has 10 heteroatoms. The molecule has 0 fully saturated rings. The van der Waals surface area contributed by atoms with E-state index in [9.17, 15) is 12.8 Å². The molecule has 0 spiro atoms. The number of methoxy groups -OCH3 is 2. The number of benzene rings is 2. The van der Waals surface area contributed by atoms with Gasteiger partial charge in [0.15, 0.2) is 5.82 Å². The number of nitrogens with one attached hydrogen (secondary N) is 3. The molecule has 3 aromatic carbocycles. The Labute approximate surface area is 192 Å². The highest BCUT2D eigenvalue weighted by Crippen LogP contribution is 2.27. The molecule has 0 atom stereocenters. The predicted octanol–water partition coefficient (Wildman–Crippen LogP) is 3.61. The normalized spacial score (nSPS) is 11.5. The van der Waals surface area contributed by atoms with E-state index in [1.807, 2.05) is 18.2 Å². The van der Waals surface area contributed by atoms with Crippen molar-refractivity contribution in [2.75, 3.05) is 38.4 Å². The number of ether oxygens (including phenoxy) is 2. The summed E-state index contributed by atoms with van der Waals surface area (Å²) in [5.41, 5.74) is 1.93. The molecule has 0 heterocycles. The highest BCUT2D eigenvalue weighted by molar-refractivity contribution is 7.89. The number of aliphatic imine (C=N–C) groups is 1. The van der Waals surface area contributed by atoms with Crippen LogP contribution in [0, 0.1) is 17.9 Å². The minimum Gasteiger partial charge on any atom is -0.497 e. The number of hydrogen-bond donors (Lipinski definition) is 3. The highest BCUT2D eigenvalue weighted by atomic mass is 32.2. The highest BCUT2D eigenvalue weighted by Gasteiger charge is 2.16. The molecule has 0 aliphatic carbocycles. The summed E-state index contributed by atoms with van der Waals surface area (Å²) in [5, 5.41) is 6.17. The van der Waals surface area contributed by atoms with Crippen LogP contribution < -0.4 is 24.8 Å². The first-order valence-electron chi connectivity index (χ1n) is 9.78. The van der Waals surface area contributed by atoms with Crippen molar-refractivity contribution >= 4 is 32.9 Å². The van der Waals surface area contributed by atoms with Gasteiger partial charge in [-0.3, -0.25) is 0 Å². The lowest BCUT2D eigenvalue weighted by atomic mass is 10.2. The first-order chi connectivity index (χ1) is 15.8. The van der Waals surface area contributed by atoms with Crippen molar-refractivity contribution < 1.29 is 22.3 Å². The molecule has 33 heavy (non-hydrogen) atoms. The number of nitrogens with zero attached hydrogens (tertiary/aromatic N) is 1. The van der Waals surface area contributed by atoms with Gasteiger partial charge in [-0.15, -0.1) is 0 Å². The zero-order chi connectivity index (χ0) is 23.8. The van der Waals surface area contributed by atoms with E-state index in [0.717, 1.165) is 17.8 Å². The van der Waals surface area contributed by atoms with Gasteiger partial charge in [-0.25, -0.2) is 18.1 Å². The van der Waals surface area contributed by atoms with Crippen LogP contribution in [-0.2, 0) is 10.0 Å². The average Bonchev–Trinajstić information content (AvgIpc) is 2.83. The maximum absolute atomic E-state index is 13.1. The fourth-order valence-electron chi connectivity index (χ4n) is 2.84. The Kier molecular flexibility index (Phi) is 7.71.